The van der Waals surface area contributed by atoms with Gasteiger partial charge in [-0.05, 0) is 45.4 Å². The fourth-order valence-electron chi connectivity index (χ4n) is 2.86. The highest BCUT2D eigenvalue weighted by atomic mass is 16.4. The Morgan fingerprint density at radius 3 is 2.58 bits per heavy atom. The third-order valence-electron chi connectivity index (χ3n) is 4.59. The molecule has 2 unspecified atom stereocenters. The molecule has 0 saturated heterocycles. The molecule has 0 aromatic carbocycles. The average Bonchev–Trinajstić information content (AvgIpc) is 3.11. The van der Waals surface area contributed by atoms with E-state index in [0.717, 1.165) is 19.4 Å². The van der Waals surface area contributed by atoms with E-state index in [-0.39, 0.29) is 12.1 Å². The zero-order chi connectivity index (χ0) is 14.0. The first-order valence-corrected chi connectivity index (χ1v) is 7.26. The van der Waals surface area contributed by atoms with Crippen LogP contribution in [-0.2, 0) is 4.79 Å². The second-order valence-electron chi connectivity index (χ2n) is 6.10. The van der Waals surface area contributed by atoms with E-state index < -0.39 is 11.4 Å². The summed E-state index contributed by atoms with van der Waals surface area (Å²) < 4.78 is 0. The second-order valence-corrected chi connectivity index (χ2v) is 6.10. The summed E-state index contributed by atoms with van der Waals surface area (Å²) in [6.45, 7) is 5.19. The Morgan fingerprint density at radius 2 is 2.05 bits per heavy atom. The summed E-state index contributed by atoms with van der Waals surface area (Å²) in [6.07, 6.45) is 4.68. The van der Waals surface area contributed by atoms with Crippen molar-refractivity contribution in [2.24, 2.45) is 11.3 Å². The molecule has 2 N–H and O–H groups in total. The smallest absolute Gasteiger partial charge is 0.317 e. The van der Waals surface area contributed by atoms with Gasteiger partial charge >= 0.3 is 12.0 Å². The number of carbonyl (C=O) groups excluding carboxylic acids is 1. The number of carboxylic acid groups (broad SMARTS) is 1. The van der Waals surface area contributed by atoms with Crippen molar-refractivity contribution in [1.29, 1.82) is 0 Å². The van der Waals surface area contributed by atoms with Gasteiger partial charge in [-0.25, -0.2) is 4.79 Å². The second kappa shape index (κ2) is 5.39. The lowest BCUT2D eigenvalue weighted by Gasteiger charge is -2.30. The minimum Gasteiger partial charge on any atom is -0.481 e. The van der Waals surface area contributed by atoms with E-state index >= 15 is 0 Å². The summed E-state index contributed by atoms with van der Waals surface area (Å²) in [4.78, 5) is 25.4. The summed E-state index contributed by atoms with van der Waals surface area (Å²) in [5.41, 5.74) is -0.811. The van der Waals surface area contributed by atoms with Gasteiger partial charge in [0.15, 0.2) is 0 Å². The monoisotopic (exact) mass is 268 g/mol. The van der Waals surface area contributed by atoms with E-state index in [1.165, 1.54) is 12.8 Å². The summed E-state index contributed by atoms with van der Waals surface area (Å²) in [5, 5.41) is 12.3. The Kier molecular flexibility index (Phi) is 4.02. The molecule has 0 aromatic rings. The van der Waals surface area contributed by atoms with E-state index in [0.29, 0.717) is 18.9 Å². The van der Waals surface area contributed by atoms with Crippen molar-refractivity contribution in [2.75, 3.05) is 13.1 Å². The van der Waals surface area contributed by atoms with Crippen LogP contribution in [0.1, 0.15) is 46.0 Å². The number of hydrogen-bond donors (Lipinski definition) is 2. The van der Waals surface area contributed by atoms with Crippen LogP contribution in [0, 0.1) is 11.3 Å². The summed E-state index contributed by atoms with van der Waals surface area (Å²) in [7, 11) is 0. The fourth-order valence-corrected chi connectivity index (χ4v) is 2.86. The van der Waals surface area contributed by atoms with Gasteiger partial charge in [0.1, 0.15) is 0 Å². The maximum atomic E-state index is 12.2. The fraction of sp³-hybridized carbons (Fsp3) is 0.857. The molecule has 0 radical (unpaired) electrons. The molecule has 2 saturated carbocycles. The number of amides is 2. The van der Waals surface area contributed by atoms with Crippen molar-refractivity contribution in [3.8, 4) is 0 Å². The topological polar surface area (TPSA) is 69.6 Å². The number of nitrogens with zero attached hydrogens (tertiary/aromatic N) is 1. The highest BCUT2D eigenvalue weighted by Gasteiger charge is 2.46. The first kappa shape index (κ1) is 14.2. The third-order valence-corrected chi connectivity index (χ3v) is 4.59. The van der Waals surface area contributed by atoms with E-state index in [4.69, 9.17) is 0 Å². The molecule has 0 heterocycles. The predicted octanol–water partition coefficient (Wildman–Crippen LogP) is 2.07. The van der Waals surface area contributed by atoms with Crippen molar-refractivity contribution in [1.82, 2.24) is 10.2 Å². The van der Waals surface area contributed by atoms with Gasteiger partial charge < -0.3 is 15.3 Å². The first-order chi connectivity index (χ1) is 8.97. The summed E-state index contributed by atoms with van der Waals surface area (Å²) >= 11 is 0. The number of hydrogen-bond acceptors (Lipinski definition) is 2. The maximum absolute atomic E-state index is 12.2. The molecule has 2 amide bonds. The summed E-state index contributed by atoms with van der Waals surface area (Å²) in [5.74, 6) is -0.152. The zero-order valence-corrected chi connectivity index (χ0v) is 11.8. The summed E-state index contributed by atoms with van der Waals surface area (Å²) in [6, 6.07) is -0.348. The Labute approximate surface area is 114 Å². The van der Waals surface area contributed by atoms with Gasteiger partial charge in [0.05, 0.1) is 5.41 Å². The molecule has 2 aliphatic rings. The van der Waals surface area contributed by atoms with Crippen LogP contribution in [0.15, 0.2) is 0 Å². The zero-order valence-electron chi connectivity index (χ0n) is 11.8. The van der Waals surface area contributed by atoms with Gasteiger partial charge in [-0.2, -0.15) is 0 Å². The number of carboxylic acids is 1. The van der Waals surface area contributed by atoms with Gasteiger partial charge in [-0.1, -0.05) is 6.42 Å². The van der Waals surface area contributed by atoms with Crippen LogP contribution in [0.4, 0.5) is 4.79 Å². The molecular formula is C14H24N2O3. The molecule has 108 valence electrons. The van der Waals surface area contributed by atoms with E-state index in [1.807, 2.05) is 6.92 Å². The normalized spacial score (nSPS) is 30.1. The lowest BCUT2D eigenvalue weighted by atomic mass is 9.85. The molecule has 19 heavy (non-hydrogen) atoms. The molecule has 0 aliphatic heterocycles. The number of nitrogens with one attached hydrogen (secondary N) is 1. The molecule has 0 bridgehead atoms. The van der Waals surface area contributed by atoms with Crippen molar-refractivity contribution in [3.63, 3.8) is 0 Å². The van der Waals surface area contributed by atoms with Gasteiger partial charge in [0, 0.05) is 19.1 Å². The average molecular weight is 268 g/mol. The number of aliphatic carboxylic acids is 1. The molecule has 2 fully saturated rings. The molecular weight excluding hydrogens is 244 g/mol. The van der Waals surface area contributed by atoms with Crippen LogP contribution in [0.3, 0.4) is 0 Å². The predicted molar refractivity (Wildman–Crippen MR) is 71.9 cm³/mol. The molecule has 2 aliphatic carbocycles. The first-order valence-electron chi connectivity index (χ1n) is 7.26. The molecule has 0 aromatic heterocycles. The Hall–Kier alpha value is -1.26. The number of carbonyl (C=O) groups is 2. The van der Waals surface area contributed by atoms with Crippen LogP contribution in [0.5, 0.6) is 0 Å². The van der Waals surface area contributed by atoms with Crippen LogP contribution in [0.2, 0.25) is 0 Å². The van der Waals surface area contributed by atoms with Gasteiger partial charge in [0.2, 0.25) is 0 Å². The standard InChI is InChI=1S/C14H24N2O3/c1-3-16(9-10-6-7-10)13(19)15-11-5-4-8-14(11,2)12(17)18/h10-11H,3-9H2,1-2H3,(H,15,19)(H,17,18). The Bertz CT molecular complexity index is 368. The third kappa shape index (κ3) is 3.01. The largest absolute Gasteiger partial charge is 0.481 e. The van der Waals surface area contributed by atoms with E-state index in [1.54, 1.807) is 11.8 Å². The van der Waals surface area contributed by atoms with Crippen LogP contribution in [-0.4, -0.2) is 41.1 Å². The highest BCUT2D eigenvalue weighted by molar-refractivity contribution is 5.79. The van der Waals surface area contributed by atoms with Crippen LogP contribution >= 0.6 is 0 Å². The molecule has 2 atom stereocenters. The van der Waals surface area contributed by atoms with Crippen molar-refractivity contribution in [2.45, 2.75) is 52.0 Å². The van der Waals surface area contributed by atoms with Crippen molar-refractivity contribution >= 4 is 12.0 Å². The lowest BCUT2D eigenvalue weighted by Crippen LogP contribution is -2.51. The van der Waals surface area contributed by atoms with Gasteiger partial charge in [-0.15, -0.1) is 0 Å². The van der Waals surface area contributed by atoms with Crippen molar-refractivity contribution in [3.05, 3.63) is 0 Å². The Morgan fingerprint density at radius 1 is 1.37 bits per heavy atom. The molecule has 5 nitrogen and oxygen atoms in total. The van der Waals surface area contributed by atoms with Crippen LogP contribution in [0.25, 0.3) is 0 Å². The molecule has 0 spiro atoms. The van der Waals surface area contributed by atoms with E-state index in [2.05, 4.69) is 5.32 Å². The number of urea groups is 1. The lowest BCUT2D eigenvalue weighted by molar-refractivity contribution is -0.148. The molecule has 5 heteroatoms. The maximum Gasteiger partial charge on any atom is 0.317 e. The minimum atomic E-state index is -0.811. The SMILES string of the molecule is CCN(CC1CC1)C(=O)NC1CCCC1(C)C(=O)O. The van der Waals surface area contributed by atoms with Gasteiger partial charge in [0.25, 0.3) is 0 Å². The van der Waals surface area contributed by atoms with E-state index in [9.17, 15) is 14.7 Å². The highest BCUT2D eigenvalue weighted by Crippen LogP contribution is 2.38. The molecule has 2 rings (SSSR count). The quantitative estimate of drug-likeness (QED) is 0.802. The van der Waals surface area contributed by atoms with Crippen LogP contribution < -0.4 is 5.32 Å². The Balaban J connectivity index is 1.94. The minimum absolute atomic E-state index is 0.103. The number of rotatable bonds is 5. The van der Waals surface area contributed by atoms with Gasteiger partial charge in [-0.3, -0.25) is 4.79 Å². The van der Waals surface area contributed by atoms with Crippen molar-refractivity contribution < 1.29 is 14.7 Å².